The van der Waals surface area contributed by atoms with Gasteiger partial charge in [0.2, 0.25) is 0 Å². The molecule has 1 aliphatic carbocycles. The third-order valence-corrected chi connectivity index (χ3v) is 13.4. The first kappa shape index (κ1) is 33.0. The second-order valence-corrected chi connectivity index (χ2v) is 16.3. The Bertz CT molecular complexity index is 3300. The maximum atomic E-state index is 2.48. The Hall–Kier alpha value is -7.20. The summed E-state index contributed by atoms with van der Waals surface area (Å²) in [5.74, 6) is 0. The lowest BCUT2D eigenvalue weighted by molar-refractivity contribution is 0.770. The summed E-state index contributed by atoms with van der Waals surface area (Å²) >= 11 is 1.90. The average Bonchev–Trinajstić information content (AvgIpc) is 3.94. The highest BCUT2D eigenvalue weighted by molar-refractivity contribution is 7.26. The summed E-state index contributed by atoms with van der Waals surface area (Å²) in [4.78, 5) is 2.45. The van der Waals surface area contributed by atoms with Crippen LogP contribution in [-0.4, -0.2) is 4.57 Å². The molecule has 0 N–H and O–H groups in total. The Morgan fingerprint density at radius 1 is 0.397 bits per heavy atom. The SMILES string of the molecule is c1ccc(N(c2ccc3c(c2)c2ccccc2n3-c2ccccc2)c2cccc3c2sc2cc(C4(c5ccccc5)c5ccccc5-c5ccccc54)ccc23)cc1. The molecule has 0 amide bonds. The first-order chi connectivity index (χ1) is 28.8. The summed E-state index contributed by atoms with van der Waals surface area (Å²) in [6.07, 6.45) is 0. The van der Waals surface area contributed by atoms with E-state index in [4.69, 9.17) is 0 Å². The number of benzene rings is 9. The van der Waals surface area contributed by atoms with Crippen molar-refractivity contribution in [3.63, 3.8) is 0 Å². The lowest BCUT2D eigenvalue weighted by Crippen LogP contribution is -2.28. The standard InChI is InChI=1S/C55H36N2S/c1-4-17-37(18-5-1)55(48-27-13-10-23-42(48)43-24-11-14-28-49(43)55)38-31-33-45-46-26-16-30-52(54(46)58-53(45)35-38)56(39-19-6-2-7-20-39)41-32-34-51-47(36-41)44-25-12-15-29-50(44)57(51)40-21-8-3-9-22-40/h1-36H. The van der Waals surface area contributed by atoms with Crippen LogP contribution in [0.1, 0.15) is 22.3 Å². The van der Waals surface area contributed by atoms with Crippen LogP contribution in [0.5, 0.6) is 0 Å². The second kappa shape index (κ2) is 12.9. The number of rotatable bonds is 6. The Morgan fingerprint density at radius 2 is 1.02 bits per heavy atom. The molecule has 2 aromatic heterocycles. The van der Waals surface area contributed by atoms with Gasteiger partial charge in [0.1, 0.15) is 0 Å². The average molecular weight is 757 g/mol. The number of para-hydroxylation sites is 3. The van der Waals surface area contributed by atoms with Crippen LogP contribution in [0.3, 0.4) is 0 Å². The van der Waals surface area contributed by atoms with Crippen LogP contribution in [0.15, 0.2) is 218 Å². The van der Waals surface area contributed by atoms with Crippen molar-refractivity contribution in [3.8, 4) is 16.8 Å². The number of hydrogen-bond donors (Lipinski definition) is 0. The van der Waals surface area contributed by atoms with Crippen LogP contribution < -0.4 is 4.90 Å². The molecule has 9 aromatic carbocycles. The third-order valence-electron chi connectivity index (χ3n) is 12.3. The minimum atomic E-state index is -0.438. The molecule has 0 saturated heterocycles. The minimum absolute atomic E-state index is 0.438. The Labute approximate surface area is 341 Å². The predicted octanol–water partition coefficient (Wildman–Crippen LogP) is 15.0. The van der Waals surface area contributed by atoms with Gasteiger partial charge in [-0.15, -0.1) is 11.3 Å². The lowest BCUT2D eigenvalue weighted by atomic mass is 9.67. The molecule has 272 valence electrons. The number of anilines is 3. The Morgan fingerprint density at radius 3 is 1.78 bits per heavy atom. The molecule has 2 nitrogen and oxygen atoms in total. The van der Waals surface area contributed by atoms with E-state index in [0.29, 0.717) is 0 Å². The Kier molecular flexibility index (Phi) is 7.35. The van der Waals surface area contributed by atoms with Crippen molar-refractivity contribution in [2.75, 3.05) is 4.90 Å². The molecule has 11 aromatic rings. The van der Waals surface area contributed by atoms with Gasteiger partial charge in [-0.2, -0.15) is 0 Å². The molecule has 0 bridgehead atoms. The van der Waals surface area contributed by atoms with Crippen LogP contribution >= 0.6 is 11.3 Å². The molecule has 0 saturated carbocycles. The van der Waals surface area contributed by atoms with Crippen LogP contribution in [-0.2, 0) is 5.41 Å². The van der Waals surface area contributed by atoms with E-state index in [1.54, 1.807) is 0 Å². The molecule has 0 radical (unpaired) electrons. The van der Waals surface area contributed by atoms with E-state index in [1.807, 2.05) is 11.3 Å². The van der Waals surface area contributed by atoms with Gasteiger partial charge >= 0.3 is 0 Å². The lowest BCUT2D eigenvalue weighted by Gasteiger charge is -2.33. The summed E-state index contributed by atoms with van der Waals surface area (Å²) in [5.41, 5.74) is 14.4. The molecule has 58 heavy (non-hydrogen) atoms. The van der Waals surface area contributed by atoms with E-state index in [9.17, 15) is 0 Å². The minimum Gasteiger partial charge on any atom is -0.309 e. The van der Waals surface area contributed by atoms with Crippen LogP contribution in [0, 0.1) is 0 Å². The summed E-state index contributed by atoms with van der Waals surface area (Å²) < 4.78 is 4.94. The van der Waals surface area contributed by atoms with Crippen molar-refractivity contribution in [2.24, 2.45) is 0 Å². The third kappa shape index (κ3) is 4.71. The van der Waals surface area contributed by atoms with Gasteiger partial charge in [-0.3, -0.25) is 0 Å². The summed E-state index contributed by atoms with van der Waals surface area (Å²) in [7, 11) is 0. The number of nitrogens with zero attached hydrogens (tertiary/aromatic N) is 2. The summed E-state index contributed by atoms with van der Waals surface area (Å²) in [6, 6.07) is 80.4. The number of thiophene rings is 1. The van der Waals surface area contributed by atoms with Crippen LogP contribution in [0.4, 0.5) is 17.1 Å². The van der Waals surface area contributed by atoms with E-state index in [2.05, 4.69) is 228 Å². The molecule has 0 aliphatic heterocycles. The first-order valence-corrected chi connectivity index (χ1v) is 20.8. The zero-order chi connectivity index (χ0) is 38.2. The van der Waals surface area contributed by atoms with Crippen molar-refractivity contribution in [1.82, 2.24) is 4.57 Å². The van der Waals surface area contributed by atoms with Gasteiger partial charge in [-0.25, -0.2) is 0 Å². The van der Waals surface area contributed by atoms with E-state index >= 15 is 0 Å². The van der Waals surface area contributed by atoms with Gasteiger partial charge in [0.05, 0.1) is 26.8 Å². The largest absolute Gasteiger partial charge is 0.309 e. The van der Waals surface area contributed by atoms with E-state index < -0.39 is 5.41 Å². The number of aromatic nitrogens is 1. The highest BCUT2D eigenvalue weighted by atomic mass is 32.1. The van der Waals surface area contributed by atoms with Crippen LogP contribution in [0.2, 0.25) is 0 Å². The maximum absolute atomic E-state index is 2.48. The van der Waals surface area contributed by atoms with Gasteiger partial charge in [0.15, 0.2) is 0 Å². The summed E-state index contributed by atoms with van der Waals surface area (Å²) in [5, 5.41) is 5.02. The highest BCUT2D eigenvalue weighted by Crippen LogP contribution is 2.57. The van der Waals surface area contributed by atoms with Crippen molar-refractivity contribution >= 4 is 70.4 Å². The maximum Gasteiger partial charge on any atom is 0.0714 e. The van der Waals surface area contributed by atoms with Crippen molar-refractivity contribution in [2.45, 2.75) is 5.41 Å². The van der Waals surface area contributed by atoms with Gasteiger partial charge in [-0.05, 0) is 94.0 Å². The topological polar surface area (TPSA) is 8.17 Å². The van der Waals surface area contributed by atoms with Crippen molar-refractivity contribution < 1.29 is 0 Å². The monoisotopic (exact) mass is 756 g/mol. The normalized spacial score (nSPS) is 13.0. The summed E-state index contributed by atoms with van der Waals surface area (Å²) in [6.45, 7) is 0. The smallest absolute Gasteiger partial charge is 0.0714 e. The Balaban J connectivity index is 1.08. The molecule has 2 heterocycles. The second-order valence-electron chi connectivity index (χ2n) is 15.2. The fourth-order valence-electron chi connectivity index (χ4n) is 9.86. The molecular formula is C55H36N2S. The highest BCUT2D eigenvalue weighted by Gasteiger charge is 2.46. The van der Waals surface area contributed by atoms with Crippen molar-refractivity contribution in [3.05, 3.63) is 241 Å². The van der Waals surface area contributed by atoms with E-state index in [0.717, 1.165) is 17.1 Å². The fourth-order valence-corrected chi connectivity index (χ4v) is 11.1. The molecule has 12 rings (SSSR count). The first-order valence-electron chi connectivity index (χ1n) is 19.9. The molecule has 0 fully saturated rings. The zero-order valence-electron chi connectivity index (χ0n) is 31.6. The van der Waals surface area contributed by atoms with E-state index in [-0.39, 0.29) is 0 Å². The predicted molar refractivity (Wildman–Crippen MR) is 246 cm³/mol. The molecule has 0 spiro atoms. The molecule has 1 aliphatic rings. The number of fused-ring (bicyclic) bond motifs is 9. The zero-order valence-corrected chi connectivity index (χ0v) is 32.4. The fraction of sp³-hybridized carbons (Fsp3) is 0.0182. The van der Waals surface area contributed by atoms with E-state index in [1.165, 1.54) is 81.0 Å². The molecule has 0 atom stereocenters. The quantitative estimate of drug-likeness (QED) is 0.164. The van der Waals surface area contributed by atoms with Crippen molar-refractivity contribution in [1.29, 1.82) is 0 Å². The molecular weight excluding hydrogens is 721 g/mol. The molecule has 0 unspecified atom stereocenters. The van der Waals surface area contributed by atoms with Gasteiger partial charge < -0.3 is 9.47 Å². The molecule has 3 heteroatoms. The van der Waals surface area contributed by atoms with Gasteiger partial charge in [-0.1, -0.05) is 158 Å². The van der Waals surface area contributed by atoms with Gasteiger partial charge in [0.25, 0.3) is 0 Å². The van der Waals surface area contributed by atoms with Crippen LogP contribution in [0.25, 0.3) is 58.8 Å². The van der Waals surface area contributed by atoms with Gasteiger partial charge in [0, 0.05) is 43.3 Å². The number of hydrogen-bond acceptors (Lipinski definition) is 2.